The predicted molar refractivity (Wildman–Crippen MR) is 265 cm³/mol. The van der Waals surface area contributed by atoms with E-state index >= 15 is 0 Å². The van der Waals surface area contributed by atoms with Gasteiger partial charge in [-0.15, -0.1) is 0 Å². The molecule has 6 aromatic carbocycles. The van der Waals surface area contributed by atoms with Crippen molar-refractivity contribution >= 4 is 87.8 Å². The first-order valence-corrected chi connectivity index (χ1v) is 19.5. The smallest absolute Gasteiger partial charge is 0.136 e. The third-order valence-corrected chi connectivity index (χ3v) is 7.75. The molecule has 0 aliphatic carbocycles. The first kappa shape index (κ1) is 118. The number of para-hydroxylation sites is 4. The molecular formula is C54H71O4Y13-5. The van der Waals surface area contributed by atoms with Gasteiger partial charge in [0, 0.05) is 468 Å². The van der Waals surface area contributed by atoms with Gasteiger partial charge in [0.1, 0.15) is 44.7 Å². The summed E-state index contributed by atoms with van der Waals surface area (Å²) in [6.45, 7) is 20.8. The van der Waals surface area contributed by atoms with Crippen LogP contribution >= 0.6 is 0 Å². The van der Waals surface area contributed by atoms with Crippen LogP contribution < -0.4 is 0 Å². The van der Waals surface area contributed by atoms with Crippen molar-refractivity contribution in [3.8, 4) is 0 Å². The molecule has 0 amide bonds. The topological polar surface area (TPSA) is 52.6 Å². The molecular weight excluding hydrogens is 1870 g/mol. The van der Waals surface area contributed by atoms with E-state index in [9.17, 15) is 0 Å². The second-order valence-corrected chi connectivity index (χ2v) is 12.2. The normalized spacial score (nSPS) is 7.69. The second-order valence-electron chi connectivity index (χ2n) is 12.2. The number of hydrogen-bond acceptors (Lipinski definition) is 4. The van der Waals surface area contributed by atoms with Crippen molar-refractivity contribution in [2.75, 3.05) is 0 Å². The standard InChI is InChI=1S/2C18H10O2.3C3H8.2C2H6.5CH3.13Y/c2*1-3-7-15-11(5-1)13-9-18-14(10-17(13)19-15)12-6-2-4-8-16(12)20-18;3*1-3-2;2*1-2;;;;;;;;;;;;;;;;;;/h2*1-10H;3*3H2,1-2H3;2*1-2H3;5*1H3;;;;;;;;;;;;;/q;;;;;;;5*-1;;;;;;;;;;;;;. The van der Waals surface area contributed by atoms with Crippen molar-refractivity contribution in [2.24, 2.45) is 0 Å². The zero-order valence-corrected chi connectivity index (χ0v) is 82.7. The maximum Gasteiger partial charge on any atom is 0.136 e. The van der Waals surface area contributed by atoms with Gasteiger partial charge in [0.25, 0.3) is 0 Å². The van der Waals surface area contributed by atoms with E-state index in [1.165, 1.54) is 19.3 Å². The quantitative estimate of drug-likeness (QED) is 0.142. The Hall–Kier alpha value is 8.87. The van der Waals surface area contributed by atoms with Crippen LogP contribution in [0.5, 0.6) is 0 Å². The van der Waals surface area contributed by atoms with Crippen molar-refractivity contribution in [1.82, 2.24) is 0 Å². The Morgan fingerprint density at radius 1 is 0.225 bits per heavy atom. The molecule has 0 fully saturated rings. The monoisotopic (exact) mass is 1940 g/mol. The molecule has 13 radical (unpaired) electrons. The summed E-state index contributed by atoms with van der Waals surface area (Å²) in [6.07, 6.45) is 3.75. The number of fused-ring (bicyclic) bond motifs is 12. The molecule has 0 spiro atoms. The molecule has 4 nitrogen and oxygen atoms in total. The second kappa shape index (κ2) is 68.0. The molecule has 0 unspecified atom stereocenters. The summed E-state index contributed by atoms with van der Waals surface area (Å²) < 4.78 is 23.7. The van der Waals surface area contributed by atoms with E-state index in [1.807, 2.05) is 100 Å². The van der Waals surface area contributed by atoms with Crippen LogP contribution in [0.1, 0.15) is 88.5 Å². The molecule has 0 bridgehead atoms. The van der Waals surface area contributed by atoms with Crippen LogP contribution in [0.4, 0.5) is 0 Å². The van der Waals surface area contributed by atoms with E-state index in [0.717, 1.165) is 87.8 Å². The molecule has 17 heteroatoms. The Morgan fingerprint density at radius 3 is 0.493 bits per heavy atom. The van der Waals surface area contributed by atoms with Crippen LogP contribution in [-0.4, -0.2) is 0 Å². The molecule has 10 aromatic rings. The van der Waals surface area contributed by atoms with E-state index in [-0.39, 0.29) is 462 Å². The molecule has 0 N–H and O–H groups in total. The van der Waals surface area contributed by atoms with E-state index in [0.29, 0.717) is 0 Å². The third kappa shape index (κ3) is 34.1. The summed E-state index contributed by atoms with van der Waals surface area (Å²) in [5, 5.41) is 8.93. The molecule has 0 saturated carbocycles. The van der Waals surface area contributed by atoms with Crippen LogP contribution in [0.2, 0.25) is 0 Å². The van der Waals surface area contributed by atoms with Crippen LogP contribution in [0.3, 0.4) is 0 Å². The van der Waals surface area contributed by atoms with Crippen molar-refractivity contribution < 1.29 is 443 Å². The van der Waals surface area contributed by atoms with Crippen LogP contribution in [-0.2, 0) is 425 Å². The number of furan rings is 4. The van der Waals surface area contributed by atoms with Gasteiger partial charge in [0.2, 0.25) is 0 Å². The van der Waals surface area contributed by atoms with Gasteiger partial charge in [-0.05, 0) is 48.5 Å². The molecule has 4 heterocycles. The van der Waals surface area contributed by atoms with Crippen molar-refractivity contribution in [1.29, 1.82) is 0 Å². The number of benzene rings is 6. The Kier molecular flexibility index (Phi) is 113. The van der Waals surface area contributed by atoms with E-state index < -0.39 is 0 Å². The summed E-state index contributed by atoms with van der Waals surface area (Å²) >= 11 is 0. The van der Waals surface area contributed by atoms with Gasteiger partial charge in [0.05, 0.1) is 0 Å². The average molecular weight is 1940 g/mol. The number of hydrogen-bond donors (Lipinski definition) is 0. The van der Waals surface area contributed by atoms with Gasteiger partial charge in [-0.3, -0.25) is 0 Å². The Bertz CT molecular complexity index is 2290. The average Bonchev–Trinajstić information content (AvgIpc) is 3.95. The molecule has 355 valence electrons. The molecule has 71 heavy (non-hydrogen) atoms. The SMILES string of the molecule is CC.CC.CCC.CCC.CCC.[CH3-].[CH3-].[CH3-].[CH3-].[CH3-].[Y].[Y].[Y].[Y].[Y].[Y].[Y].[Y].[Y].[Y].[Y].[Y].[Y].c1ccc2c(c1)oc1cc3c(cc12)oc1ccccc13.c1ccc2c(c1)oc1cc3c(cc12)oc1ccccc13. The molecule has 0 aliphatic rings. The van der Waals surface area contributed by atoms with E-state index in [4.69, 9.17) is 17.7 Å². The fraction of sp³-hybridized carbons (Fsp3) is 0.241. The van der Waals surface area contributed by atoms with Gasteiger partial charge in [-0.1, -0.05) is 161 Å². The van der Waals surface area contributed by atoms with Gasteiger partial charge < -0.3 is 54.8 Å². The summed E-state index contributed by atoms with van der Waals surface area (Å²) in [7, 11) is 0. The van der Waals surface area contributed by atoms with Crippen molar-refractivity contribution in [2.45, 2.75) is 88.5 Å². The van der Waals surface area contributed by atoms with Crippen LogP contribution in [0.25, 0.3) is 87.8 Å². The Balaban J connectivity index is -0.0000000456. The first-order valence-electron chi connectivity index (χ1n) is 19.5. The maximum absolute atomic E-state index is 5.94. The fourth-order valence-corrected chi connectivity index (χ4v) is 5.89. The maximum atomic E-state index is 5.94. The van der Waals surface area contributed by atoms with E-state index in [2.05, 4.69) is 90.1 Å². The molecule has 0 atom stereocenters. The first-order chi connectivity index (χ1) is 26.0. The third-order valence-electron chi connectivity index (χ3n) is 7.75. The van der Waals surface area contributed by atoms with Crippen LogP contribution in [0, 0.1) is 37.1 Å². The fourth-order valence-electron chi connectivity index (χ4n) is 5.89. The molecule has 4 aromatic heterocycles. The predicted octanol–water partition coefficient (Wildman–Crippen LogP) is 19.5. The largest absolute Gasteiger partial charge is 0.456 e. The summed E-state index contributed by atoms with van der Waals surface area (Å²) in [6, 6.07) is 40.7. The minimum Gasteiger partial charge on any atom is -0.456 e. The van der Waals surface area contributed by atoms with Crippen LogP contribution in [0.15, 0.2) is 139 Å². The minimum absolute atomic E-state index is 0. The van der Waals surface area contributed by atoms with Gasteiger partial charge >= 0.3 is 0 Å². The molecule has 0 aliphatic heterocycles. The Labute approximate surface area is 759 Å². The zero-order chi connectivity index (χ0) is 38.3. The van der Waals surface area contributed by atoms with Crippen molar-refractivity contribution in [3.63, 3.8) is 0 Å². The minimum atomic E-state index is 0. The van der Waals surface area contributed by atoms with E-state index in [1.54, 1.807) is 0 Å². The van der Waals surface area contributed by atoms with Gasteiger partial charge in [-0.25, -0.2) is 0 Å². The molecule has 0 saturated heterocycles. The van der Waals surface area contributed by atoms with Gasteiger partial charge in [0.15, 0.2) is 0 Å². The summed E-state index contributed by atoms with van der Waals surface area (Å²) in [4.78, 5) is 0. The zero-order valence-electron chi connectivity index (χ0n) is 45.8. The number of rotatable bonds is 0. The molecule has 10 rings (SSSR count). The summed E-state index contributed by atoms with van der Waals surface area (Å²) in [5.74, 6) is 0. The summed E-state index contributed by atoms with van der Waals surface area (Å²) in [5.41, 5.74) is 7.30. The van der Waals surface area contributed by atoms with Crippen molar-refractivity contribution in [3.05, 3.63) is 158 Å². The van der Waals surface area contributed by atoms with Gasteiger partial charge in [-0.2, -0.15) is 0 Å². The Morgan fingerprint density at radius 2 is 0.352 bits per heavy atom.